The van der Waals surface area contributed by atoms with Gasteiger partial charge in [-0.25, -0.2) is 0 Å². The Morgan fingerprint density at radius 1 is 0.677 bits per heavy atom. The lowest BCUT2D eigenvalue weighted by Gasteiger charge is -2.19. The fraction of sp³-hybridized carbons (Fsp3) is 0.552. The molecule has 1 atom stereocenters. The predicted molar refractivity (Wildman–Crippen MR) is 137 cm³/mol. The molecule has 0 aliphatic heterocycles. The van der Waals surface area contributed by atoms with Gasteiger partial charge in [-0.3, -0.25) is 4.79 Å². The molecule has 0 spiro atoms. The van der Waals surface area contributed by atoms with Crippen molar-refractivity contribution in [2.45, 2.75) is 86.0 Å². The summed E-state index contributed by atoms with van der Waals surface area (Å²) in [5, 5.41) is 0. The van der Waals surface area contributed by atoms with E-state index in [-0.39, 0.29) is 5.97 Å². The Morgan fingerprint density at radius 3 is 1.42 bits per heavy atom. The number of carbonyl (C=O) groups is 1. The Bertz CT molecular complexity index is 609. The minimum Gasteiger partial charge on any atom is -0.465 e. The average molecular weight is 427 g/mol. The molecule has 174 valence electrons. The van der Waals surface area contributed by atoms with Gasteiger partial charge in [0.15, 0.2) is 0 Å². The zero-order valence-corrected chi connectivity index (χ0v) is 20.7. The van der Waals surface area contributed by atoms with Crippen LogP contribution in [-0.4, -0.2) is 12.6 Å². The molecule has 0 fully saturated rings. The zero-order chi connectivity index (χ0) is 23.2. The van der Waals surface area contributed by atoms with Gasteiger partial charge in [0.25, 0.3) is 0 Å². The minimum absolute atomic E-state index is 0.117. The topological polar surface area (TPSA) is 26.3 Å². The molecule has 0 N–H and O–H groups in total. The predicted octanol–water partition coefficient (Wildman–Crippen LogP) is 8.69. The van der Waals surface area contributed by atoms with E-state index < -0.39 is 5.41 Å². The summed E-state index contributed by atoms with van der Waals surface area (Å²) >= 11 is 0. The quantitative estimate of drug-likeness (QED) is 0.182. The van der Waals surface area contributed by atoms with Crippen LogP contribution in [0.5, 0.6) is 0 Å². The van der Waals surface area contributed by atoms with E-state index in [0.717, 1.165) is 51.4 Å². The molecule has 0 aliphatic rings. The van der Waals surface area contributed by atoms with Crippen molar-refractivity contribution in [2.75, 3.05) is 6.61 Å². The molecule has 0 saturated carbocycles. The first-order chi connectivity index (χ1) is 14.9. The van der Waals surface area contributed by atoms with Crippen LogP contribution in [0.25, 0.3) is 0 Å². The van der Waals surface area contributed by atoms with Crippen LogP contribution in [0.1, 0.15) is 86.0 Å². The van der Waals surface area contributed by atoms with Crippen molar-refractivity contribution < 1.29 is 9.53 Å². The molecule has 31 heavy (non-hydrogen) atoms. The standard InChI is InChI=1S/C29H46O2/c1-6-8-9-10-11-12-13-14-15-16-17-18-19-20-21-22-23-24-25-27(7-2)26-31-28(30)29(3,4)5/h8-9,11-12,14-15,17-18,20-21,23-24,27H,6-7,10,13,16,19,22,25-26H2,1-5H3. The van der Waals surface area contributed by atoms with Crippen LogP contribution in [0.4, 0.5) is 0 Å². The molecule has 0 aromatic rings. The van der Waals surface area contributed by atoms with Crippen LogP contribution in [0.3, 0.4) is 0 Å². The van der Waals surface area contributed by atoms with E-state index in [2.05, 4.69) is 86.8 Å². The normalized spacial score (nSPS) is 14.4. The molecule has 2 nitrogen and oxygen atoms in total. The first-order valence-corrected chi connectivity index (χ1v) is 12.0. The van der Waals surface area contributed by atoms with Crippen LogP contribution < -0.4 is 0 Å². The minimum atomic E-state index is -0.424. The molecule has 2 heteroatoms. The molecule has 0 radical (unpaired) electrons. The highest BCUT2D eigenvalue weighted by Gasteiger charge is 2.23. The third-order valence-electron chi connectivity index (χ3n) is 4.71. The fourth-order valence-corrected chi connectivity index (χ4v) is 2.57. The first-order valence-electron chi connectivity index (χ1n) is 12.0. The summed E-state index contributed by atoms with van der Waals surface area (Å²) in [6.45, 7) is 10.5. The smallest absolute Gasteiger partial charge is 0.311 e. The van der Waals surface area contributed by atoms with Gasteiger partial charge in [-0.1, -0.05) is 86.8 Å². The summed E-state index contributed by atoms with van der Waals surface area (Å²) in [6, 6.07) is 0. The SMILES string of the molecule is CCC=CCC=CCC=CCC=CCC=CCC=CCC(CC)COC(=O)C(C)(C)C. The number of carbonyl (C=O) groups excluding carboxylic acids is 1. The second-order valence-corrected chi connectivity index (χ2v) is 8.77. The Balaban J connectivity index is 3.82. The van der Waals surface area contributed by atoms with Crippen molar-refractivity contribution >= 4 is 5.97 Å². The van der Waals surface area contributed by atoms with Gasteiger partial charge < -0.3 is 4.74 Å². The number of hydrogen-bond acceptors (Lipinski definition) is 2. The summed E-state index contributed by atoms with van der Waals surface area (Å²) in [6.07, 6.45) is 34.6. The molecule has 0 aliphatic carbocycles. The van der Waals surface area contributed by atoms with E-state index >= 15 is 0 Å². The van der Waals surface area contributed by atoms with Crippen molar-refractivity contribution in [1.82, 2.24) is 0 Å². The average Bonchev–Trinajstić information content (AvgIpc) is 2.74. The molecular formula is C29H46O2. The van der Waals surface area contributed by atoms with E-state index in [1.54, 1.807) is 0 Å². The summed E-state index contributed by atoms with van der Waals surface area (Å²) in [5.41, 5.74) is -0.424. The number of hydrogen-bond donors (Lipinski definition) is 0. The van der Waals surface area contributed by atoms with E-state index in [0.29, 0.717) is 12.5 Å². The Morgan fingerprint density at radius 2 is 1.06 bits per heavy atom. The summed E-state index contributed by atoms with van der Waals surface area (Å²) in [4.78, 5) is 11.9. The fourth-order valence-electron chi connectivity index (χ4n) is 2.57. The van der Waals surface area contributed by atoms with Gasteiger partial charge >= 0.3 is 5.97 Å². The van der Waals surface area contributed by atoms with Crippen molar-refractivity contribution in [3.63, 3.8) is 0 Å². The highest BCUT2D eigenvalue weighted by atomic mass is 16.5. The van der Waals surface area contributed by atoms with E-state index in [4.69, 9.17) is 4.74 Å². The maximum absolute atomic E-state index is 11.9. The molecule has 0 rings (SSSR count). The molecule has 0 bridgehead atoms. The van der Waals surface area contributed by atoms with Gasteiger partial charge in [-0.2, -0.15) is 0 Å². The Kier molecular flexibility index (Phi) is 18.5. The highest BCUT2D eigenvalue weighted by molar-refractivity contribution is 5.75. The monoisotopic (exact) mass is 426 g/mol. The summed E-state index contributed by atoms with van der Waals surface area (Å²) in [5.74, 6) is 0.282. The van der Waals surface area contributed by atoms with Crippen molar-refractivity contribution in [2.24, 2.45) is 11.3 Å². The van der Waals surface area contributed by atoms with E-state index in [1.807, 2.05) is 20.8 Å². The van der Waals surface area contributed by atoms with Gasteiger partial charge in [0.05, 0.1) is 12.0 Å². The molecule has 1 unspecified atom stereocenters. The molecule has 0 saturated heterocycles. The molecule has 0 aromatic carbocycles. The number of allylic oxidation sites excluding steroid dienone is 12. The number of esters is 1. The lowest BCUT2D eigenvalue weighted by molar-refractivity contribution is -0.154. The van der Waals surface area contributed by atoms with Crippen molar-refractivity contribution in [3.05, 3.63) is 72.9 Å². The lowest BCUT2D eigenvalue weighted by atomic mass is 9.97. The van der Waals surface area contributed by atoms with Crippen LogP contribution in [0, 0.1) is 11.3 Å². The third-order valence-corrected chi connectivity index (χ3v) is 4.71. The van der Waals surface area contributed by atoms with Gasteiger partial charge in [0.2, 0.25) is 0 Å². The van der Waals surface area contributed by atoms with Gasteiger partial charge in [0.1, 0.15) is 0 Å². The first kappa shape index (κ1) is 28.9. The van der Waals surface area contributed by atoms with Crippen molar-refractivity contribution in [1.29, 1.82) is 0 Å². The Hall–Kier alpha value is -2.09. The second kappa shape index (κ2) is 19.8. The van der Waals surface area contributed by atoms with Crippen molar-refractivity contribution in [3.8, 4) is 0 Å². The zero-order valence-electron chi connectivity index (χ0n) is 20.7. The van der Waals surface area contributed by atoms with Crippen LogP contribution >= 0.6 is 0 Å². The lowest BCUT2D eigenvalue weighted by Crippen LogP contribution is -2.25. The third kappa shape index (κ3) is 19.6. The van der Waals surface area contributed by atoms with Crippen LogP contribution in [-0.2, 0) is 9.53 Å². The van der Waals surface area contributed by atoms with Crippen LogP contribution in [0.2, 0.25) is 0 Å². The highest BCUT2D eigenvalue weighted by Crippen LogP contribution is 2.17. The van der Waals surface area contributed by atoms with Gasteiger partial charge in [-0.15, -0.1) is 0 Å². The summed E-state index contributed by atoms with van der Waals surface area (Å²) in [7, 11) is 0. The molecular weight excluding hydrogens is 380 g/mol. The second-order valence-electron chi connectivity index (χ2n) is 8.77. The number of ether oxygens (including phenoxy) is 1. The maximum atomic E-state index is 11.9. The molecule has 0 heterocycles. The van der Waals surface area contributed by atoms with Crippen LogP contribution in [0.15, 0.2) is 72.9 Å². The van der Waals surface area contributed by atoms with E-state index in [9.17, 15) is 4.79 Å². The molecule has 0 aromatic heterocycles. The summed E-state index contributed by atoms with van der Waals surface area (Å²) < 4.78 is 5.44. The largest absolute Gasteiger partial charge is 0.465 e. The number of rotatable bonds is 16. The van der Waals surface area contributed by atoms with Gasteiger partial charge in [0, 0.05) is 0 Å². The molecule has 0 amide bonds. The van der Waals surface area contributed by atoms with Gasteiger partial charge in [-0.05, 0) is 78.1 Å². The maximum Gasteiger partial charge on any atom is 0.311 e. The Labute approximate surface area is 192 Å². The van der Waals surface area contributed by atoms with E-state index in [1.165, 1.54) is 0 Å².